The first-order valence-corrected chi connectivity index (χ1v) is 15.2. The molecule has 1 heterocycles. The van der Waals surface area contributed by atoms with Gasteiger partial charge in [-0.05, 0) is 85.3 Å². The van der Waals surface area contributed by atoms with Crippen molar-refractivity contribution in [2.45, 2.75) is 78.2 Å². The average molecular weight is 588 g/mol. The van der Waals surface area contributed by atoms with Crippen LogP contribution in [0.4, 0.5) is 11.4 Å². The fourth-order valence-corrected chi connectivity index (χ4v) is 5.61. The van der Waals surface area contributed by atoms with Crippen molar-refractivity contribution in [1.82, 2.24) is 15.1 Å². The van der Waals surface area contributed by atoms with Gasteiger partial charge in [0.2, 0.25) is 5.91 Å². The molecule has 3 aromatic rings. The average Bonchev–Trinajstić information content (AvgIpc) is 2.88. The summed E-state index contributed by atoms with van der Waals surface area (Å²) in [6.07, 6.45) is 9.76. The van der Waals surface area contributed by atoms with Gasteiger partial charge < -0.3 is 29.9 Å². The number of nitrogens with one attached hydrogen (secondary N) is 3. The Hall–Kier alpha value is -2.33. The van der Waals surface area contributed by atoms with E-state index in [-0.39, 0.29) is 52.8 Å². The summed E-state index contributed by atoms with van der Waals surface area (Å²) in [6.45, 7) is 10.4. The Bertz CT molecular complexity index is 1340. The van der Waals surface area contributed by atoms with Gasteiger partial charge in [0.1, 0.15) is 0 Å². The van der Waals surface area contributed by atoms with Crippen molar-refractivity contribution < 1.29 is 43.9 Å². The maximum absolute atomic E-state index is 13.4. The van der Waals surface area contributed by atoms with Crippen molar-refractivity contribution in [3.05, 3.63) is 58.9 Å². The summed E-state index contributed by atoms with van der Waals surface area (Å²) in [6, 6.07) is 9.62. The molecular formula is C31H42N5NaO3S. The summed E-state index contributed by atoms with van der Waals surface area (Å²) in [4.78, 5) is 26.2. The van der Waals surface area contributed by atoms with E-state index in [9.17, 15) is 9.59 Å². The molecule has 0 spiro atoms. The second kappa shape index (κ2) is 14.2. The fourth-order valence-electron chi connectivity index (χ4n) is 5.24. The van der Waals surface area contributed by atoms with E-state index in [2.05, 4.69) is 54.2 Å². The quantitative estimate of drug-likeness (QED) is 0.261. The van der Waals surface area contributed by atoms with Crippen LogP contribution in [0.2, 0.25) is 0 Å². The van der Waals surface area contributed by atoms with E-state index in [0.717, 1.165) is 22.5 Å². The van der Waals surface area contributed by atoms with Crippen LogP contribution in [0.25, 0.3) is 5.69 Å². The van der Waals surface area contributed by atoms with Gasteiger partial charge in [-0.1, -0.05) is 58.0 Å². The van der Waals surface area contributed by atoms with Gasteiger partial charge in [0, 0.05) is 23.5 Å². The van der Waals surface area contributed by atoms with Crippen molar-refractivity contribution in [2.75, 3.05) is 23.4 Å². The van der Waals surface area contributed by atoms with E-state index in [1.165, 1.54) is 44.1 Å². The zero-order valence-electron chi connectivity index (χ0n) is 25.7. The zero-order valence-corrected chi connectivity index (χ0v) is 28.5. The number of benzene rings is 2. The molecule has 1 atom stereocenters. The van der Waals surface area contributed by atoms with Crippen LogP contribution in [-0.4, -0.2) is 35.9 Å². The number of aryl methyl sites for hydroxylation is 1. The van der Waals surface area contributed by atoms with Crippen LogP contribution in [-0.2, 0) is 5.41 Å². The summed E-state index contributed by atoms with van der Waals surface area (Å²) in [5, 5.41) is 10.6. The Morgan fingerprint density at radius 3 is 2.34 bits per heavy atom. The van der Waals surface area contributed by atoms with Crippen molar-refractivity contribution in [3.63, 3.8) is 0 Å². The fraction of sp³-hybridized carbons (Fsp3) is 0.484. The number of hydrogen-bond acceptors (Lipinski definition) is 5. The van der Waals surface area contributed by atoms with Crippen LogP contribution in [0.15, 0.2) is 36.5 Å². The summed E-state index contributed by atoms with van der Waals surface area (Å²) >= 11 is 1.46. The molecule has 8 nitrogen and oxygen atoms in total. The largest absolute Gasteiger partial charge is 1.00 e. The van der Waals surface area contributed by atoms with Gasteiger partial charge in [-0.3, -0.25) is 9.59 Å². The molecule has 3 N–H and O–H groups in total. The van der Waals surface area contributed by atoms with Crippen LogP contribution in [0, 0.1) is 12.8 Å². The third-order valence-corrected chi connectivity index (χ3v) is 8.17. The molecule has 0 unspecified atom stereocenters. The van der Waals surface area contributed by atoms with E-state index in [1.807, 2.05) is 25.3 Å². The van der Waals surface area contributed by atoms with Gasteiger partial charge in [0.15, 0.2) is 5.75 Å². The van der Waals surface area contributed by atoms with Gasteiger partial charge in [-0.25, -0.2) is 0 Å². The van der Waals surface area contributed by atoms with E-state index >= 15 is 0 Å². The zero-order chi connectivity index (χ0) is 29.0. The van der Waals surface area contributed by atoms with Gasteiger partial charge in [-0.2, -0.15) is 0 Å². The van der Waals surface area contributed by atoms with Gasteiger partial charge in [-0.15, -0.1) is 0 Å². The second-order valence-electron chi connectivity index (χ2n) is 11.7. The molecule has 0 aliphatic heterocycles. The summed E-state index contributed by atoms with van der Waals surface area (Å²) < 4.78 is 10.6. The molecular weight excluding hydrogens is 545 g/mol. The summed E-state index contributed by atoms with van der Waals surface area (Å²) in [7, 11) is 1.60. The van der Waals surface area contributed by atoms with E-state index in [4.69, 9.17) is 4.74 Å². The molecule has 41 heavy (non-hydrogen) atoms. The Morgan fingerprint density at radius 2 is 1.73 bits per heavy atom. The van der Waals surface area contributed by atoms with Crippen LogP contribution in [0.3, 0.4) is 0 Å². The molecule has 1 aliphatic carbocycles. The topological polar surface area (TPSA) is 98.5 Å². The van der Waals surface area contributed by atoms with E-state index < -0.39 is 0 Å². The molecule has 0 bridgehead atoms. The van der Waals surface area contributed by atoms with Crippen molar-refractivity contribution in [2.24, 2.45) is 5.92 Å². The molecule has 0 radical (unpaired) electrons. The first-order chi connectivity index (χ1) is 19.0. The summed E-state index contributed by atoms with van der Waals surface area (Å²) in [5.74, 6) is 0.690. The van der Waals surface area contributed by atoms with Crippen LogP contribution in [0.5, 0.6) is 5.75 Å². The van der Waals surface area contributed by atoms with Crippen molar-refractivity contribution in [3.8, 4) is 11.4 Å². The van der Waals surface area contributed by atoms with Crippen molar-refractivity contribution >= 4 is 35.1 Å². The third kappa shape index (κ3) is 7.95. The molecule has 1 fully saturated rings. The molecule has 216 valence electrons. The normalized spacial score (nSPS) is 14.6. The number of aromatic nitrogens is 2. The number of ether oxygens (including phenoxy) is 1. The Balaban J connectivity index is 0.00000462. The number of rotatable bonds is 9. The number of amides is 2. The maximum Gasteiger partial charge on any atom is 1.00 e. The molecule has 4 rings (SSSR count). The molecule has 2 aromatic carbocycles. The van der Waals surface area contributed by atoms with Gasteiger partial charge in [0.05, 0.1) is 18.5 Å². The predicted octanol–water partition coefficient (Wildman–Crippen LogP) is 3.69. The first kappa shape index (κ1) is 33.2. The van der Waals surface area contributed by atoms with Gasteiger partial charge >= 0.3 is 29.6 Å². The van der Waals surface area contributed by atoms with Gasteiger partial charge in [0.25, 0.3) is 5.91 Å². The molecule has 2 amide bonds. The standard InChI is InChI=1S/C31H42N5O3S.Na/c1-19-13-14-22(29(37)33-24-16-23(31(3,4)5)17-25(35-40-7)28(24)39-6)15-27(19)36-18-26(34-36)30(38)32-20(2)21-11-9-8-10-12-21;/h13-18,20-21,35H,8-12H2,1-7H3,(H,32,38)(H,33,37);/q-1;+1/t20-;/m0./s1. The second-order valence-corrected chi connectivity index (χ2v) is 12.3. The SMILES string of the molecule is COc1c(NSC)cc(C(C)(C)C)cc1NC(=O)c1ccc(C)c(-n2cc(C(=O)N[C@@H](C)C3CCCCC3)[n-]2)c1.[Na+]. The number of nitrogens with zero attached hydrogens (tertiary/aromatic N) is 2. The number of hydrogen-bond donors (Lipinski definition) is 3. The predicted molar refractivity (Wildman–Crippen MR) is 164 cm³/mol. The Morgan fingerprint density at radius 1 is 1.07 bits per heavy atom. The molecule has 10 heteroatoms. The van der Waals surface area contributed by atoms with E-state index in [0.29, 0.717) is 28.6 Å². The molecule has 1 aromatic heterocycles. The Labute approximate surface area is 270 Å². The monoisotopic (exact) mass is 587 g/mol. The number of carbonyl (C=O) groups is 2. The van der Waals surface area contributed by atoms with Crippen molar-refractivity contribution in [1.29, 1.82) is 0 Å². The minimum Gasteiger partial charge on any atom is -0.585 e. The van der Waals surface area contributed by atoms with Crippen LogP contribution in [0.1, 0.15) is 91.8 Å². The smallest absolute Gasteiger partial charge is 0.585 e. The first-order valence-electron chi connectivity index (χ1n) is 14.0. The third-order valence-electron chi connectivity index (χ3n) is 7.75. The number of methoxy groups -OCH3 is 1. The Kier molecular flexibility index (Phi) is 11.5. The number of carbonyl (C=O) groups excluding carboxylic acids is 2. The summed E-state index contributed by atoms with van der Waals surface area (Å²) in [5.41, 5.74) is 4.92. The molecule has 0 saturated heterocycles. The van der Waals surface area contributed by atoms with Crippen LogP contribution >= 0.6 is 11.9 Å². The number of anilines is 2. The minimum atomic E-state index is -0.260. The van der Waals surface area contributed by atoms with E-state index in [1.54, 1.807) is 30.1 Å². The molecule has 1 saturated carbocycles. The van der Waals surface area contributed by atoms with Crippen LogP contribution < -0.4 is 54.7 Å². The minimum absolute atomic E-state index is 0. The maximum atomic E-state index is 13.4. The molecule has 1 aliphatic rings.